The topological polar surface area (TPSA) is 118 Å². The molecule has 0 unspecified atom stereocenters. The highest BCUT2D eigenvalue weighted by Gasteiger charge is 2.72. The van der Waals surface area contributed by atoms with Gasteiger partial charge in [0.25, 0.3) is 0 Å². The second-order valence-corrected chi connectivity index (χ2v) is 13.3. The Hall–Kier alpha value is -2.96. The predicted octanol–water partition coefficient (Wildman–Crippen LogP) is 2.73. The van der Waals surface area contributed by atoms with Crippen molar-refractivity contribution in [2.45, 2.75) is 66.2 Å². The Morgan fingerprint density at radius 2 is 1.76 bits per heavy atom. The van der Waals surface area contributed by atoms with Gasteiger partial charge in [-0.05, 0) is 78.9 Å². The molecule has 1 aromatic rings. The van der Waals surface area contributed by atoms with E-state index >= 15 is 0 Å². The molecule has 3 saturated carbocycles. The Balaban J connectivity index is 1.48. The van der Waals surface area contributed by atoms with Gasteiger partial charge in [0.2, 0.25) is 11.8 Å². The van der Waals surface area contributed by atoms with E-state index in [0.717, 1.165) is 19.3 Å². The highest BCUT2D eigenvalue weighted by atomic mass is 16.4. The summed E-state index contributed by atoms with van der Waals surface area (Å²) < 4.78 is 0. The molecule has 1 heterocycles. The van der Waals surface area contributed by atoms with Crippen molar-refractivity contribution in [1.82, 2.24) is 0 Å². The van der Waals surface area contributed by atoms with E-state index in [0.29, 0.717) is 19.3 Å². The first-order chi connectivity index (χ1) is 17.9. The lowest BCUT2D eigenvalue weighted by atomic mass is 9.34. The molecule has 2 amide bonds. The summed E-state index contributed by atoms with van der Waals surface area (Å²) in [4.78, 5) is 53.4. The number of carbonyl (C=O) groups excluding carboxylic acids is 4. The zero-order valence-electron chi connectivity index (χ0n) is 22.5. The van der Waals surface area contributed by atoms with Crippen molar-refractivity contribution in [3.8, 4) is 0 Å². The van der Waals surface area contributed by atoms with Crippen LogP contribution in [0, 0.1) is 51.8 Å². The highest BCUT2D eigenvalue weighted by Crippen LogP contribution is 2.74. The summed E-state index contributed by atoms with van der Waals surface area (Å²) in [5.41, 5.74) is -0.274. The molecular formula is C31H35NO6-2. The van der Waals surface area contributed by atoms with Gasteiger partial charge in [-0.25, -0.2) is 4.90 Å². The van der Waals surface area contributed by atoms with E-state index in [-0.39, 0.29) is 52.2 Å². The third kappa shape index (κ3) is 3.02. The number of hydrogen-bond donors (Lipinski definition) is 0. The predicted molar refractivity (Wildman–Crippen MR) is 135 cm³/mol. The maximum absolute atomic E-state index is 14.3. The zero-order chi connectivity index (χ0) is 27.4. The molecular weight excluding hydrogens is 482 g/mol. The SMILES string of the molecule is CC(C)C1=C[C@@]23CC[C@@H]4[C@](C)(CCC[C@@]4(C)C(=O)[O-])[C@@H]2C[C@@H]1[C@H]1C(=O)N(c2cccc(C(=O)[O-])c2)C(=O)[C@@H]13. The van der Waals surface area contributed by atoms with Gasteiger partial charge in [0.05, 0.1) is 23.5 Å². The lowest BCUT2D eigenvalue weighted by Crippen LogP contribution is -2.66. The molecule has 38 heavy (non-hydrogen) atoms. The minimum Gasteiger partial charge on any atom is -0.550 e. The number of anilines is 1. The molecule has 1 aromatic carbocycles. The molecule has 202 valence electrons. The number of carbonyl (C=O) groups is 4. The van der Waals surface area contributed by atoms with Crippen LogP contribution >= 0.6 is 0 Å². The Kier molecular flexibility index (Phi) is 5.35. The normalized spacial score (nSPS) is 41.4. The van der Waals surface area contributed by atoms with Gasteiger partial charge in [-0.2, -0.15) is 0 Å². The van der Waals surface area contributed by atoms with Crippen molar-refractivity contribution in [1.29, 1.82) is 0 Å². The smallest absolute Gasteiger partial charge is 0.238 e. The quantitative estimate of drug-likeness (QED) is 0.448. The number of aliphatic carboxylic acids is 1. The summed E-state index contributed by atoms with van der Waals surface area (Å²) >= 11 is 0. The van der Waals surface area contributed by atoms with Crippen LogP contribution in [-0.2, 0) is 14.4 Å². The fourth-order valence-corrected chi connectivity index (χ4v) is 9.97. The van der Waals surface area contributed by atoms with Crippen molar-refractivity contribution in [3.63, 3.8) is 0 Å². The average molecular weight is 518 g/mol. The summed E-state index contributed by atoms with van der Waals surface area (Å²) in [6.45, 7) is 8.34. The zero-order valence-corrected chi connectivity index (χ0v) is 22.5. The van der Waals surface area contributed by atoms with E-state index in [1.165, 1.54) is 28.7 Å². The summed E-state index contributed by atoms with van der Waals surface area (Å²) in [7, 11) is 0. The van der Waals surface area contributed by atoms with Crippen LogP contribution in [0.25, 0.3) is 0 Å². The summed E-state index contributed by atoms with van der Waals surface area (Å²) in [6, 6.07) is 5.89. The third-order valence-corrected chi connectivity index (χ3v) is 11.5. The standard InChI is InChI=1S/C31H37NO6/c1-16(2)20-15-31-12-9-21-29(3,10-6-11-30(21,4)28(37)38)22(31)14-19(20)23-24(31)26(34)32(25(23)33)18-8-5-7-17(13-18)27(35)36/h5,7-8,13,15-16,19,21-24H,6,9-12,14H2,1-4H3,(H,35,36)(H,37,38)/p-2/t19-,21+,22-,23+,24+,29-,30+,31-/m0/s1. The Morgan fingerprint density at radius 1 is 1.03 bits per heavy atom. The van der Waals surface area contributed by atoms with Gasteiger partial charge in [-0.15, -0.1) is 0 Å². The van der Waals surface area contributed by atoms with E-state index in [1.807, 2.05) is 6.92 Å². The summed E-state index contributed by atoms with van der Waals surface area (Å²) in [6.07, 6.45) is 6.76. The Morgan fingerprint density at radius 3 is 2.42 bits per heavy atom. The number of benzene rings is 1. The maximum atomic E-state index is 14.3. The van der Waals surface area contributed by atoms with Crippen molar-refractivity contribution < 1.29 is 29.4 Å². The van der Waals surface area contributed by atoms with Gasteiger partial charge in [0.15, 0.2) is 0 Å². The van der Waals surface area contributed by atoms with E-state index < -0.39 is 34.6 Å². The van der Waals surface area contributed by atoms with Crippen LogP contribution in [0.15, 0.2) is 35.9 Å². The second kappa shape index (κ2) is 8.03. The molecule has 6 aliphatic rings. The summed E-state index contributed by atoms with van der Waals surface area (Å²) in [5.74, 6) is -3.67. The monoisotopic (exact) mass is 517 g/mol. The maximum Gasteiger partial charge on any atom is 0.238 e. The number of carboxylic acids is 2. The van der Waals surface area contributed by atoms with Crippen LogP contribution in [0.1, 0.15) is 76.6 Å². The van der Waals surface area contributed by atoms with Gasteiger partial charge >= 0.3 is 0 Å². The second-order valence-electron chi connectivity index (χ2n) is 13.3. The number of rotatable bonds is 4. The van der Waals surface area contributed by atoms with Crippen LogP contribution < -0.4 is 15.1 Å². The van der Waals surface area contributed by atoms with Crippen molar-refractivity contribution >= 4 is 29.4 Å². The molecule has 0 radical (unpaired) electrons. The van der Waals surface area contributed by atoms with Gasteiger partial charge in [0, 0.05) is 16.8 Å². The number of hydrogen-bond acceptors (Lipinski definition) is 6. The third-order valence-electron chi connectivity index (χ3n) is 11.5. The molecule has 7 rings (SSSR count). The molecule has 7 nitrogen and oxygen atoms in total. The lowest BCUT2D eigenvalue weighted by Gasteiger charge is -2.69. The molecule has 0 aromatic heterocycles. The molecule has 1 spiro atoms. The number of amides is 2. The fraction of sp³-hybridized carbons (Fsp3) is 0.613. The number of nitrogens with zero attached hydrogens (tertiary/aromatic N) is 1. The van der Waals surface area contributed by atoms with Crippen LogP contribution in [0.5, 0.6) is 0 Å². The van der Waals surface area contributed by atoms with Crippen LogP contribution in [0.2, 0.25) is 0 Å². The number of allylic oxidation sites excluding steroid dienone is 2. The van der Waals surface area contributed by atoms with Crippen LogP contribution in [-0.4, -0.2) is 23.8 Å². The Bertz CT molecular complexity index is 1300. The lowest BCUT2D eigenvalue weighted by molar-refractivity contribution is -0.328. The van der Waals surface area contributed by atoms with Crippen molar-refractivity contribution in [2.75, 3.05) is 4.90 Å². The van der Waals surface area contributed by atoms with Crippen LogP contribution in [0.3, 0.4) is 0 Å². The highest BCUT2D eigenvalue weighted by molar-refractivity contribution is 6.23. The number of imide groups is 1. The number of carboxylic acid groups (broad SMARTS) is 2. The summed E-state index contributed by atoms with van der Waals surface area (Å²) in [5, 5.41) is 23.9. The molecule has 7 heteroatoms. The Labute approximate surface area is 223 Å². The van der Waals surface area contributed by atoms with E-state index in [2.05, 4.69) is 26.8 Å². The number of fused-ring (bicyclic) bond motifs is 1. The van der Waals surface area contributed by atoms with Gasteiger partial charge < -0.3 is 19.8 Å². The van der Waals surface area contributed by atoms with Crippen molar-refractivity contribution in [3.05, 3.63) is 41.5 Å². The first-order valence-corrected chi connectivity index (χ1v) is 14.0. The van der Waals surface area contributed by atoms with Gasteiger partial charge in [-0.1, -0.05) is 57.9 Å². The van der Waals surface area contributed by atoms with E-state index in [9.17, 15) is 29.4 Å². The molecule has 2 bridgehead atoms. The minimum atomic E-state index is -1.36. The first-order valence-electron chi connectivity index (χ1n) is 14.0. The minimum absolute atomic E-state index is 0.0406. The molecule has 1 aliphatic heterocycles. The fourth-order valence-electron chi connectivity index (χ4n) is 9.97. The largest absolute Gasteiger partial charge is 0.550 e. The van der Waals surface area contributed by atoms with E-state index in [4.69, 9.17) is 0 Å². The van der Waals surface area contributed by atoms with Gasteiger partial charge in [-0.3, -0.25) is 9.59 Å². The molecule has 1 saturated heterocycles. The molecule has 8 atom stereocenters. The van der Waals surface area contributed by atoms with Gasteiger partial charge in [0.1, 0.15) is 0 Å². The molecule has 4 fully saturated rings. The average Bonchev–Trinajstić information content (AvgIpc) is 3.15. The number of aromatic carboxylic acids is 1. The van der Waals surface area contributed by atoms with Crippen LogP contribution in [0.4, 0.5) is 5.69 Å². The molecule has 5 aliphatic carbocycles. The van der Waals surface area contributed by atoms with E-state index in [1.54, 1.807) is 6.07 Å². The molecule has 0 N–H and O–H groups in total. The first kappa shape index (κ1) is 25.3. The van der Waals surface area contributed by atoms with Crippen molar-refractivity contribution in [2.24, 2.45) is 51.8 Å².